The molecule has 0 aromatic carbocycles. The van der Waals surface area contributed by atoms with Gasteiger partial charge >= 0.3 is 0 Å². The predicted octanol–water partition coefficient (Wildman–Crippen LogP) is 2.59. The van der Waals surface area contributed by atoms with Crippen molar-refractivity contribution in [3.63, 3.8) is 0 Å². The van der Waals surface area contributed by atoms with Crippen LogP contribution in [0.2, 0.25) is 0 Å². The van der Waals surface area contributed by atoms with E-state index in [0.29, 0.717) is 6.04 Å². The van der Waals surface area contributed by atoms with Gasteiger partial charge in [0.25, 0.3) is 0 Å². The van der Waals surface area contributed by atoms with E-state index in [-0.39, 0.29) is 6.10 Å². The lowest BCUT2D eigenvalue weighted by atomic mass is 10.3. The highest BCUT2D eigenvalue weighted by atomic mass is 32.1. The molecule has 0 spiro atoms. The summed E-state index contributed by atoms with van der Waals surface area (Å²) >= 11 is 1.64. The molecule has 1 aromatic rings. The topological polar surface area (TPSA) is 53.0 Å². The van der Waals surface area contributed by atoms with E-state index in [1.54, 1.807) is 18.4 Å². The first-order chi connectivity index (χ1) is 11.5. The summed E-state index contributed by atoms with van der Waals surface area (Å²) in [6.07, 6.45) is 0.0430. The van der Waals surface area contributed by atoms with Crippen LogP contribution in [0, 0.1) is 0 Å². The van der Waals surface area contributed by atoms with Crippen LogP contribution in [0.1, 0.15) is 44.5 Å². The van der Waals surface area contributed by atoms with Crippen LogP contribution < -0.4 is 5.32 Å². The van der Waals surface area contributed by atoms with E-state index in [9.17, 15) is 0 Å². The van der Waals surface area contributed by atoms with Crippen molar-refractivity contribution in [3.05, 3.63) is 16.1 Å². The molecular formula is C17H33N5OS. The molecule has 0 bridgehead atoms. The zero-order chi connectivity index (χ0) is 18.1. The van der Waals surface area contributed by atoms with Crippen molar-refractivity contribution in [1.29, 1.82) is 0 Å². The molecule has 24 heavy (non-hydrogen) atoms. The van der Waals surface area contributed by atoms with E-state index in [1.165, 1.54) is 0 Å². The van der Waals surface area contributed by atoms with Crippen molar-refractivity contribution in [2.24, 2.45) is 4.99 Å². The Labute approximate surface area is 150 Å². The maximum Gasteiger partial charge on any atom is 0.193 e. The molecule has 1 aromatic heterocycles. The summed E-state index contributed by atoms with van der Waals surface area (Å²) in [6.45, 7) is 12.4. The molecular weight excluding hydrogens is 322 g/mol. The minimum absolute atomic E-state index is 0.0430. The summed E-state index contributed by atoms with van der Waals surface area (Å²) < 4.78 is 5.33. The molecule has 2 atom stereocenters. The Morgan fingerprint density at radius 3 is 2.58 bits per heavy atom. The second kappa shape index (κ2) is 10.6. The second-order valence-corrected chi connectivity index (χ2v) is 6.80. The van der Waals surface area contributed by atoms with Crippen LogP contribution in [0.5, 0.6) is 0 Å². The van der Waals surface area contributed by atoms with E-state index in [1.807, 2.05) is 21.0 Å². The number of methoxy groups -OCH3 is 1. The molecule has 0 amide bonds. The fourth-order valence-corrected chi connectivity index (χ4v) is 3.44. The van der Waals surface area contributed by atoms with Crippen molar-refractivity contribution in [2.45, 2.75) is 46.4 Å². The molecule has 1 N–H and O–H groups in total. The van der Waals surface area contributed by atoms with E-state index in [0.717, 1.165) is 42.8 Å². The summed E-state index contributed by atoms with van der Waals surface area (Å²) in [5, 5.41) is 6.57. The standard InChI is InChI=1S/C17H33N5OS/c1-8-22(9-2)13(3)10-19-17(18-5)21(6)11-15-12-24-16(20-15)14(4)23-7/h12-14H,8-11H2,1-7H3,(H,18,19). The van der Waals surface area contributed by atoms with Gasteiger partial charge in [-0.1, -0.05) is 13.8 Å². The molecule has 1 rings (SSSR count). The number of aromatic nitrogens is 1. The third-order valence-electron chi connectivity index (χ3n) is 4.23. The molecule has 2 unspecified atom stereocenters. The second-order valence-electron chi connectivity index (χ2n) is 5.91. The van der Waals surface area contributed by atoms with Gasteiger partial charge in [0.2, 0.25) is 0 Å². The lowest BCUT2D eigenvalue weighted by Crippen LogP contribution is -2.46. The number of nitrogens with zero attached hydrogens (tertiary/aromatic N) is 4. The molecule has 6 nitrogen and oxygen atoms in total. The van der Waals surface area contributed by atoms with E-state index in [4.69, 9.17) is 4.74 Å². The number of guanidine groups is 1. The van der Waals surface area contributed by atoms with Crippen LogP contribution in [0.3, 0.4) is 0 Å². The fourth-order valence-electron chi connectivity index (χ4n) is 2.60. The van der Waals surface area contributed by atoms with Crippen LogP contribution in [0.25, 0.3) is 0 Å². The lowest BCUT2D eigenvalue weighted by molar-refractivity contribution is 0.119. The summed E-state index contributed by atoms with van der Waals surface area (Å²) in [7, 11) is 5.57. The highest BCUT2D eigenvalue weighted by Crippen LogP contribution is 2.20. The Morgan fingerprint density at radius 1 is 1.38 bits per heavy atom. The molecule has 138 valence electrons. The number of nitrogens with one attached hydrogen (secondary N) is 1. The van der Waals surface area contributed by atoms with Gasteiger partial charge in [-0.05, 0) is 26.9 Å². The maximum atomic E-state index is 5.33. The van der Waals surface area contributed by atoms with Gasteiger partial charge in [0.05, 0.1) is 12.2 Å². The van der Waals surface area contributed by atoms with Crippen LogP contribution in [0.15, 0.2) is 10.4 Å². The number of likely N-dealkylation sites (N-methyl/N-ethyl adjacent to an activating group) is 1. The average Bonchev–Trinajstić information content (AvgIpc) is 3.04. The summed E-state index contributed by atoms with van der Waals surface area (Å²) in [4.78, 5) is 13.6. The molecule has 1 heterocycles. The van der Waals surface area contributed by atoms with Crippen molar-refractivity contribution < 1.29 is 4.74 Å². The van der Waals surface area contributed by atoms with Gasteiger partial charge in [-0.15, -0.1) is 11.3 Å². The van der Waals surface area contributed by atoms with Crippen LogP contribution in [0.4, 0.5) is 0 Å². The Balaban J connectivity index is 2.58. The number of hydrogen-bond acceptors (Lipinski definition) is 5. The quantitative estimate of drug-likeness (QED) is 0.545. The lowest BCUT2D eigenvalue weighted by Gasteiger charge is -2.28. The van der Waals surface area contributed by atoms with E-state index >= 15 is 0 Å². The number of hydrogen-bond donors (Lipinski definition) is 1. The zero-order valence-corrected chi connectivity index (χ0v) is 17.0. The Bertz CT molecular complexity index is 501. The van der Waals surface area contributed by atoms with Gasteiger partial charge in [0.1, 0.15) is 11.1 Å². The molecule has 0 aliphatic carbocycles. The van der Waals surface area contributed by atoms with E-state index < -0.39 is 0 Å². The third kappa shape index (κ3) is 6.03. The SMILES string of the molecule is CCN(CC)C(C)CNC(=NC)N(C)Cc1csc(C(C)OC)n1. The molecule has 0 fully saturated rings. The van der Waals surface area contributed by atoms with Crippen LogP contribution >= 0.6 is 11.3 Å². The molecule has 0 aliphatic rings. The largest absolute Gasteiger partial charge is 0.375 e. The zero-order valence-electron chi connectivity index (χ0n) is 16.2. The number of thiazole rings is 1. The predicted molar refractivity (Wildman–Crippen MR) is 103 cm³/mol. The van der Waals surface area contributed by atoms with Crippen LogP contribution in [-0.2, 0) is 11.3 Å². The molecule has 0 radical (unpaired) electrons. The molecule has 7 heteroatoms. The van der Waals surface area contributed by atoms with Gasteiger partial charge < -0.3 is 15.0 Å². The number of ether oxygens (including phenoxy) is 1. The molecule has 0 saturated heterocycles. The number of aliphatic imine (C=N–C) groups is 1. The fraction of sp³-hybridized carbons (Fsp3) is 0.765. The first-order valence-electron chi connectivity index (χ1n) is 8.59. The summed E-state index contributed by atoms with van der Waals surface area (Å²) in [5.74, 6) is 0.892. The highest BCUT2D eigenvalue weighted by Gasteiger charge is 2.14. The number of rotatable bonds is 9. The summed E-state index contributed by atoms with van der Waals surface area (Å²) in [6, 6.07) is 0.471. The Hall–Kier alpha value is -1.18. The monoisotopic (exact) mass is 355 g/mol. The molecule has 0 aliphatic heterocycles. The van der Waals surface area contributed by atoms with Crippen molar-refractivity contribution in [1.82, 2.24) is 20.1 Å². The van der Waals surface area contributed by atoms with Crippen molar-refractivity contribution >= 4 is 17.3 Å². The van der Waals surface area contributed by atoms with Gasteiger partial charge in [-0.25, -0.2) is 4.98 Å². The Morgan fingerprint density at radius 2 is 2.04 bits per heavy atom. The molecule has 0 saturated carbocycles. The van der Waals surface area contributed by atoms with Gasteiger partial charge in [-0.3, -0.25) is 9.89 Å². The van der Waals surface area contributed by atoms with Gasteiger partial charge in [0.15, 0.2) is 5.96 Å². The highest BCUT2D eigenvalue weighted by molar-refractivity contribution is 7.09. The summed E-state index contributed by atoms with van der Waals surface area (Å²) in [5.41, 5.74) is 1.04. The maximum absolute atomic E-state index is 5.33. The van der Waals surface area contributed by atoms with Gasteiger partial charge in [-0.2, -0.15) is 0 Å². The van der Waals surface area contributed by atoms with Crippen LogP contribution in [-0.4, -0.2) is 67.6 Å². The smallest absolute Gasteiger partial charge is 0.193 e. The normalized spacial score (nSPS) is 14.8. The third-order valence-corrected chi connectivity index (χ3v) is 5.29. The Kier molecular flexibility index (Phi) is 9.25. The minimum atomic E-state index is 0.0430. The van der Waals surface area contributed by atoms with Crippen molar-refractivity contribution in [2.75, 3.05) is 40.8 Å². The first-order valence-corrected chi connectivity index (χ1v) is 9.47. The van der Waals surface area contributed by atoms with Gasteiger partial charge in [0, 0.05) is 39.2 Å². The first kappa shape index (κ1) is 20.9. The minimum Gasteiger partial charge on any atom is -0.375 e. The average molecular weight is 356 g/mol. The van der Waals surface area contributed by atoms with Crippen molar-refractivity contribution in [3.8, 4) is 0 Å². The van der Waals surface area contributed by atoms with E-state index in [2.05, 4.69) is 51.2 Å².